The first-order valence-corrected chi connectivity index (χ1v) is 14.2. The second kappa shape index (κ2) is 26.1. The molecule has 0 aromatic carbocycles. The Labute approximate surface area is 242 Å². The highest BCUT2D eigenvalue weighted by Gasteiger charge is 2.13. The number of ketones is 1. The van der Waals surface area contributed by atoms with Crippen molar-refractivity contribution in [1.29, 1.82) is 0 Å². The van der Waals surface area contributed by atoms with Crippen molar-refractivity contribution in [3.63, 3.8) is 0 Å². The minimum absolute atomic E-state index is 0.0879. The first kappa shape index (κ1) is 39.0. The number of hydrogen-bond donors (Lipinski definition) is 2. The van der Waals surface area contributed by atoms with E-state index in [1.54, 1.807) is 27.2 Å². The Bertz CT molecular complexity index is 954. The third-order valence-corrected chi connectivity index (χ3v) is 6.77. The Balaban J connectivity index is 0. The van der Waals surface area contributed by atoms with Gasteiger partial charge in [0.25, 0.3) is 6.47 Å². The second-order valence-corrected chi connectivity index (χ2v) is 10.0. The Hall–Kier alpha value is -3.11. The van der Waals surface area contributed by atoms with Crippen LogP contribution in [0, 0.1) is 5.92 Å². The fourth-order valence-electron chi connectivity index (χ4n) is 3.16. The summed E-state index contributed by atoms with van der Waals surface area (Å²) in [4.78, 5) is 45.1. The van der Waals surface area contributed by atoms with Crippen LogP contribution in [0.1, 0.15) is 82.4 Å². The summed E-state index contributed by atoms with van der Waals surface area (Å²) in [5.74, 6) is -0.228. The molecule has 2 N–H and O–H groups in total. The van der Waals surface area contributed by atoms with Gasteiger partial charge in [0, 0.05) is 54.4 Å². The van der Waals surface area contributed by atoms with Gasteiger partial charge < -0.3 is 19.9 Å². The molecule has 0 fully saturated rings. The first-order chi connectivity index (χ1) is 19.1. The van der Waals surface area contributed by atoms with Crippen LogP contribution in [0.4, 0.5) is 4.39 Å². The number of aryl methyl sites for hydroxylation is 2. The zero-order chi connectivity index (χ0) is 30.8. The van der Waals surface area contributed by atoms with Gasteiger partial charge in [-0.3, -0.25) is 19.2 Å². The van der Waals surface area contributed by atoms with E-state index in [0.717, 1.165) is 25.7 Å². The van der Waals surface area contributed by atoms with Crippen LogP contribution in [0.25, 0.3) is 0 Å². The zero-order valence-corrected chi connectivity index (χ0v) is 25.5. The SMILES string of the molecule is CCC(=O)/C(C)=C(O)/C=C(\OC=O)C(C)CC/C=C/NC=O.CCc1ccc(CCCCCC(=O)F)s1.COC. The number of ether oxygens (including phenoxy) is 2. The second-order valence-electron chi connectivity index (χ2n) is 8.76. The number of hydrogen-bond acceptors (Lipinski definition) is 8. The number of aliphatic hydroxyl groups excluding tert-OH is 1. The fourth-order valence-corrected chi connectivity index (χ4v) is 4.16. The molecule has 0 saturated carbocycles. The summed E-state index contributed by atoms with van der Waals surface area (Å²) in [5, 5.41) is 12.3. The van der Waals surface area contributed by atoms with E-state index in [1.807, 2.05) is 18.3 Å². The van der Waals surface area contributed by atoms with E-state index in [0.29, 0.717) is 25.7 Å². The number of amides is 1. The molecule has 1 aromatic heterocycles. The van der Waals surface area contributed by atoms with E-state index in [-0.39, 0.29) is 48.1 Å². The van der Waals surface area contributed by atoms with Crippen LogP contribution in [-0.2, 0) is 41.5 Å². The average Bonchev–Trinajstić information content (AvgIpc) is 3.40. The number of halogens is 1. The van der Waals surface area contributed by atoms with E-state index < -0.39 is 6.04 Å². The lowest BCUT2D eigenvalue weighted by Gasteiger charge is -2.13. The van der Waals surface area contributed by atoms with Crippen molar-refractivity contribution in [2.45, 2.75) is 85.5 Å². The molecule has 1 atom stereocenters. The number of rotatable bonds is 18. The highest BCUT2D eigenvalue weighted by Crippen LogP contribution is 2.21. The molecule has 0 aliphatic heterocycles. The largest absolute Gasteiger partial charge is 0.507 e. The minimum atomic E-state index is -1.18. The molecular weight excluding hydrogens is 537 g/mol. The summed E-state index contributed by atoms with van der Waals surface area (Å²) < 4.78 is 21.0. The smallest absolute Gasteiger partial charge is 0.301 e. The van der Waals surface area contributed by atoms with Crippen molar-refractivity contribution < 1.29 is 38.1 Å². The normalized spacial score (nSPS) is 12.2. The van der Waals surface area contributed by atoms with Crippen molar-refractivity contribution in [3.8, 4) is 0 Å². The van der Waals surface area contributed by atoms with E-state index in [9.17, 15) is 28.7 Å². The summed E-state index contributed by atoms with van der Waals surface area (Å²) in [5.41, 5.74) is 0.233. The lowest BCUT2D eigenvalue weighted by molar-refractivity contribution is -0.129. The van der Waals surface area contributed by atoms with Crippen molar-refractivity contribution in [2.75, 3.05) is 14.2 Å². The summed E-state index contributed by atoms with van der Waals surface area (Å²) in [7, 11) is 3.25. The lowest BCUT2D eigenvalue weighted by atomic mass is 10.0. The van der Waals surface area contributed by atoms with Gasteiger partial charge in [0.05, 0.1) is 0 Å². The molecule has 1 unspecified atom stereocenters. The minimum Gasteiger partial charge on any atom is -0.507 e. The maximum absolute atomic E-state index is 11.9. The van der Waals surface area contributed by atoms with Gasteiger partial charge in [0.15, 0.2) is 5.78 Å². The topological polar surface area (TPSA) is 119 Å². The molecule has 0 aliphatic rings. The van der Waals surface area contributed by atoms with Gasteiger partial charge in [-0.05, 0) is 63.8 Å². The molecular formula is C30H46FNO7S. The lowest BCUT2D eigenvalue weighted by Crippen LogP contribution is -2.06. The predicted octanol–water partition coefficient (Wildman–Crippen LogP) is 6.70. The van der Waals surface area contributed by atoms with Crippen LogP contribution in [0.5, 0.6) is 0 Å². The molecule has 0 aliphatic carbocycles. The molecule has 1 amide bonds. The molecule has 226 valence electrons. The van der Waals surface area contributed by atoms with E-state index in [4.69, 9.17) is 4.74 Å². The van der Waals surface area contributed by atoms with Crippen LogP contribution in [0.15, 0.2) is 47.6 Å². The van der Waals surface area contributed by atoms with Crippen molar-refractivity contribution >= 4 is 36.0 Å². The zero-order valence-electron chi connectivity index (χ0n) is 24.7. The van der Waals surface area contributed by atoms with Crippen molar-refractivity contribution in [2.24, 2.45) is 5.92 Å². The van der Waals surface area contributed by atoms with Gasteiger partial charge in [-0.2, -0.15) is 4.39 Å². The number of methoxy groups -OCH3 is 1. The molecule has 1 rings (SSSR count). The highest BCUT2D eigenvalue weighted by atomic mass is 32.1. The molecule has 1 heterocycles. The van der Waals surface area contributed by atoms with Crippen LogP contribution < -0.4 is 5.32 Å². The number of unbranched alkanes of at least 4 members (excludes halogenated alkanes) is 2. The van der Waals surface area contributed by atoms with Crippen LogP contribution in [0.2, 0.25) is 0 Å². The van der Waals surface area contributed by atoms with Crippen molar-refractivity contribution in [3.05, 3.63) is 57.3 Å². The van der Waals surface area contributed by atoms with Gasteiger partial charge in [-0.1, -0.05) is 33.3 Å². The van der Waals surface area contributed by atoms with Crippen LogP contribution in [-0.4, -0.2) is 44.0 Å². The monoisotopic (exact) mass is 583 g/mol. The highest BCUT2D eigenvalue weighted by molar-refractivity contribution is 7.11. The van der Waals surface area contributed by atoms with E-state index >= 15 is 0 Å². The molecule has 0 bridgehead atoms. The van der Waals surface area contributed by atoms with Crippen LogP contribution in [0.3, 0.4) is 0 Å². The summed E-state index contributed by atoms with van der Waals surface area (Å²) in [6.07, 6.45) is 11.7. The third-order valence-electron chi connectivity index (χ3n) is 5.48. The number of nitrogens with one attached hydrogen (secondary N) is 1. The van der Waals surface area contributed by atoms with Gasteiger partial charge in [-0.15, -0.1) is 11.3 Å². The quantitative estimate of drug-likeness (QED) is 0.0493. The molecule has 0 radical (unpaired) electrons. The fraction of sp³-hybridized carbons (Fsp3) is 0.533. The Morgan fingerprint density at radius 3 is 2.30 bits per heavy atom. The number of thiophene rings is 1. The molecule has 8 nitrogen and oxygen atoms in total. The third kappa shape index (κ3) is 20.8. The Kier molecular flexibility index (Phi) is 25.5. The molecule has 0 saturated heterocycles. The van der Waals surface area contributed by atoms with Gasteiger partial charge in [-0.25, -0.2) is 0 Å². The van der Waals surface area contributed by atoms with E-state index in [1.165, 1.54) is 29.0 Å². The summed E-state index contributed by atoms with van der Waals surface area (Å²) >= 11 is 1.86. The first-order valence-electron chi connectivity index (χ1n) is 13.4. The Morgan fingerprint density at radius 2 is 1.77 bits per heavy atom. The Morgan fingerprint density at radius 1 is 1.12 bits per heavy atom. The van der Waals surface area contributed by atoms with Gasteiger partial charge in [0.2, 0.25) is 6.41 Å². The maximum Gasteiger partial charge on any atom is 0.301 e. The number of carbonyl (C=O) groups is 4. The summed E-state index contributed by atoms with van der Waals surface area (Å²) in [6, 6.07) is 3.16. The predicted molar refractivity (Wildman–Crippen MR) is 158 cm³/mol. The summed E-state index contributed by atoms with van der Waals surface area (Å²) in [6.45, 7) is 7.50. The van der Waals surface area contributed by atoms with Gasteiger partial charge in [0.1, 0.15) is 11.5 Å². The number of aliphatic hydroxyl groups is 1. The maximum atomic E-state index is 11.9. The molecule has 1 aromatic rings. The van der Waals surface area contributed by atoms with Crippen molar-refractivity contribution in [1.82, 2.24) is 5.32 Å². The van der Waals surface area contributed by atoms with E-state index in [2.05, 4.69) is 29.1 Å². The number of Topliss-reactive ketones (excluding diaryl/α,β-unsaturated/α-hetero) is 1. The standard InChI is InChI=1S/C16H23NO5.C12H17FOS.C2H6O/c1-4-14(20)13(3)15(21)9-16(22-11-19)12(2)7-5-6-8-17-10-18;1-2-10-8-9-11(15-10)6-4-3-5-7-12(13)14;1-3-2/h6,8-12,21H,4-5,7H2,1-3H3,(H,17,18);8-9H,2-7H2,1H3;1-2H3/b8-6+,15-13-,16-9-;;. The molecule has 0 spiro atoms. The number of allylic oxidation sites excluding steroid dienone is 4. The van der Waals surface area contributed by atoms with Gasteiger partial charge >= 0.3 is 6.04 Å². The molecule has 40 heavy (non-hydrogen) atoms. The number of carbonyl (C=O) groups excluding carboxylic acids is 4. The molecule has 10 heteroatoms. The van der Waals surface area contributed by atoms with Crippen LogP contribution >= 0.6 is 11.3 Å². The average molecular weight is 584 g/mol.